The smallest absolute Gasteiger partial charge is 0.246 e. The van der Waals surface area contributed by atoms with Crippen LogP contribution in [0.25, 0.3) is 0 Å². The Labute approximate surface area is 119 Å². The van der Waals surface area contributed by atoms with E-state index in [1.165, 1.54) is 0 Å². The number of anilines is 2. The molecule has 1 aromatic rings. The van der Waals surface area contributed by atoms with E-state index in [4.69, 9.17) is 11.6 Å². The van der Waals surface area contributed by atoms with Gasteiger partial charge in [-0.05, 0) is 25.6 Å². The molecule has 0 aromatic heterocycles. The zero-order valence-electron chi connectivity index (χ0n) is 11.6. The Morgan fingerprint density at radius 1 is 1.47 bits per heavy atom. The minimum absolute atomic E-state index is 0.0260. The van der Waals surface area contributed by atoms with E-state index < -0.39 is 0 Å². The van der Waals surface area contributed by atoms with Gasteiger partial charge in [-0.2, -0.15) is 0 Å². The van der Waals surface area contributed by atoms with Gasteiger partial charge in [0.05, 0.1) is 10.7 Å². The van der Waals surface area contributed by atoms with E-state index in [0.717, 1.165) is 36.3 Å². The van der Waals surface area contributed by atoms with E-state index >= 15 is 0 Å². The summed E-state index contributed by atoms with van der Waals surface area (Å²) in [6, 6.07) is 3.54. The van der Waals surface area contributed by atoms with Crippen LogP contribution in [-0.4, -0.2) is 26.5 Å². The number of nitrogens with one attached hydrogen (secondary N) is 2. The summed E-state index contributed by atoms with van der Waals surface area (Å²) in [5.74, 6) is -0.0260. The number of rotatable bonds is 5. The van der Waals surface area contributed by atoms with Gasteiger partial charge in [-0.1, -0.05) is 24.9 Å². The molecule has 4 nitrogen and oxygen atoms in total. The van der Waals surface area contributed by atoms with Crippen LogP contribution in [0.2, 0.25) is 5.02 Å². The summed E-state index contributed by atoms with van der Waals surface area (Å²) in [5.41, 5.74) is 2.74. The molecule has 0 saturated carbocycles. The highest BCUT2D eigenvalue weighted by molar-refractivity contribution is 6.33. The number of hydrogen-bond acceptors (Lipinski definition) is 3. The lowest BCUT2D eigenvalue weighted by molar-refractivity contribution is -0.117. The molecular formula is C14H20ClN3O. The van der Waals surface area contributed by atoms with Crippen LogP contribution >= 0.6 is 11.6 Å². The molecule has 1 atom stereocenters. The Balaban J connectivity index is 2.30. The summed E-state index contributed by atoms with van der Waals surface area (Å²) in [7, 11) is 3.80. The predicted molar refractivity (Wildman–Crippen MR) is 80.1 cm³/mol. The maximum absolute atomic E-state index is 11.8. The monoisotopic (exact) mass is 281 g/mol. The first-order chi connectivity index (χ1) is 9.08. The third-order valence-corrected chi connectivity index (χ3v) is 3.80. The van der Waals surface area contributed by atoms with Gasteiger partial charge in [0.25, 0.3) is 0 Å². The number of carbonyl (C=O) groups is 1. The zero-order valence-corrected chi connectivity index (χ0v) is 12.3. The first kappa shape index (κ1) is 14.2. The Hall–Kier alpha value is -1.26. The van der Waals surface area contributed by atoms with Crippen LogP contribution in [0.5, 0.6) is 0 Å². The quantitative estimate of drug-likeness (QED) is 0.872. The number of fused-ring (bicyclic) bond motifs is 1. The number of likely N-dealkylation sites (N-methyl/N-ethyl adjacent to an activating group) is 1. The number of halogens is 1. The van der Waals surface area contributed by atoms with E-state index in [1.54, 1.807) is 7.05 Å². The molecule has 1 heterocycles. The number of hydrogen-bond donors (Lipinski definition) is 2. The van der Waals surface area contributed by atoms with Gasteiger partial charge in [0.15, 0.2) is 0 Å². The van der Waals surface area contributed by atoms with E-state index in [9.17, 15) is 4.79 Å². The zero-order chi connectivity index (χ0) is 14.0. The van der Waals surface area contributed by atoms with Crippen molar-refractivity contribution in [2.75, 3.05) is 30.9 Å². The molecule has 1 aliphatic heterocycles. The molecule has 1 aromatic carbocycles. The minimum atomic E-state index is -0.303. The molecule has 2 N–H and O–H groups in total. The molecule has 0 fully saturated rings. The number of nitrogens with zero attached hydrogens (tertiary/aromatic N) is 1. The lowest BCUT2D eigenvalue weighted by Gasteiger charge is -2.21. The lowest BCUT2D eigenvalue weighted by Crippen LogP contribution is -2.23. The molecule has 1 aliphatic rings. The molecule has 5 heteroatoms. The molecule has 1 amide bonds. The van der Waals surface area contributed by atoms with Crippen molar-refractivity contribution in [3.8, 4) is 0 Å². The van der Waals surface area contributed by atoms with Crippen LogP contribution in [0, 0.1) is 0 Å². The molecule has 0 bridgehead atoms. The molecule has 19 heavy (non-hydrogen) atoms. The molecule has 2 rings (SSSR count). The van der Waals surface area contributed by atoms with Crippen LogP contribution in [-0.2, 0) is 4.79 Å². The standard InChI is InChI=1S/C14H20ClN3O/c1-4-5-6-18(3)12-8-11-9(7-10(12)15)13(16-2)14(19)17-11/h7-8,13,16H,4-6H2,1-3H3,(H,17,19). The Morgan fingerprint density at radius 2 is 2.21 bits per heavy atom. The maximum atomic E-state index is 11.8. The highest BCUT2D eigenvalue weighted by Crippen LogP contribution is 2.38. The second-order valence-corrected chi connectivity index (χ2v) is 5.28. The lowest BCUT2D eigenvalue weighted by atomic mass is 10.1. The molecule has 0 spiro atoms. The molecule has 0 radical (unpaired) electrons. The first-order valence-electron chi connectivity index (χ1n) is 6.61. The van der Waals surface area contributed by atoms with Crippen molar-refractivity contribution in [2.45, 2.75) is 25.8 Å². The minimum Gasteiger partial charge on any atom is -0.373 e. The molecule has 0 saturated heterocycles. The molecule has 104 valence electrons. The van der Waals surface area contributed by atoms with Gasteiger partial charge < -0.3 is 15.5 Å². The van der Waals surface area contributed by atoms with Crippen LogP contribution in [0.3, 0.4) is 0 Å². The van der Waals surface area contributed by atoms with Crippen molar-refractivity contribution < 1.29 is 4.79 Å². The average Bonchev–Trinajstić information content (AvgIpc) is 2.69. The first-order valence-corrected chi connectivity index (χ1v) is 6.99. The number of amides is 1. The van der Waals surface area contributed by atoms with Crippen molar-refractivity contribution in [3.63, 3.8) is 0 Å². The summed E-state index contributed by atoms with van der Waals surface area (Å²) in [6.45, 7) is 3.12. The second kappa shape index (κ2) is 5.80. The predicted octanol–water partition coefficient (Wildman–Crippen LogP) is 2.79. The van der Waals surface area contributed by atoms with Crippen LogP contribution in [0.15, 0.2) is 12.1 Å². The van der Waals surface area contributed by atoms with Gasteiger partial charge in [0.2, 0.25) is 5.91 Å². The SMILES string of the molecule is CCCCN(C)c1cc2c(cc1Cl)C(NC)C(=O)N2. The summed E-state index contributed by atoms with van der Waals surface area (Å²) in [5, 5.41) is 6.57. The van der Waals surface area contributed by atoms with Gasteiger partial charge >= 0.3 is 0 Å². The van der Waals surface area contributed by atoms with Crippen LogP contribution < -0.4 is 15.5 Å². The third kappa shape index (κ3) is 2.69. The summed E-state index contributed by atoms with van der Waals surface area (Å²) < 4.78 is 0. The highest BCUT2D eigenvalue weighted by atomic mass is 35.5. The number of unbranched alkanes of at least 4 members (excludes halogenated alkanes) is 1. The molecular weight excluding hydrogens is 262 g/mol. The summed E-state index contributed by atoms with van der Waals surface area (Å²) in [4.78, 5) is 13.9. The van der Waals surface area contributed by atoms with Crippen molar-refractivity contribution in [3.05, 3.63) is 22.7 Å². The van der Waals surface area contributed by atoms with Crippen molar-refractivity contribution >= 4 is 28.9 Å². The fraction of sp³-hybridized carbons (Fsp3) is 0.500. The third-order valence-electron chi connectivity index (χ3n) is 3.50. The molecule has 1 unspecified atom stereocenters. The van der Waals surface area contributed by atoms with Crippen molar-refractivity contribution in [1.29, 1.82) is 0 Å². The van der Waals surface area contributed by atoms with Gasteiger partial charge in [-0.25, -0.2) is 0 Å². The topological polar surface area (TPSA) is 44.4 Å². The van der Waals surface area contributed by atoms with Gasteiger partial charge in [-0.15, -0.1) is 0 Å². The van der Waals surface area contributed by atoms with Crippen molar-refractivity contribution in [2.24, 2.45) is 0 Å². The van der Waals surface area contributed by atoms with Crippen LogP contribution in [0.4, 0.5) is 11.4 Å². The number of benzene rings is 1. The normalized spacial score (nSPS) is 17.3. The van der Waals surface area contributed by atoms with Gasteiger partial charge in [-0.3, -0.25) is 4.79 Å². The largest absolute Gasteiger partial charge is 0.373 e. The Kier molecular flexibility index (Phi) is 4.32. The second-order valence-electron chi connectivity index (χ2n) is 4.88. The van der Waals surface area contributed by atoms with E-state index in [0.29, 0.717) is 5.02 Å². The highest BCUT2D eigenvalue weighted by Gasteiger charge is 2.30. The fourth-order valence-corrected chi connectivity index (χ4v) is 2.68. The van der Waals surface area contributed by atoms with Crippen molar-refractivity contribution in [1.82, 2.24) is 5.32 Å². The summed E-state index contributed by atoms with van der Waals surface area (Å²) in [6.07, 6.45) is 2.26. The Morgan fingerprint density at radius 3 is 2.84 bits per heavy atom. The Bertz CT molecular complexity index is 490. The molecule has 0 aliphatic carbocycles. The van der Waals surface area contributed by atoms with E-state index in [2.05, 4.69) is 22.5 Å². The average molecular weight is 282 g/mol. The van der Waals surface area contributed by atoms with Gasteiger partial charge in [0, 0.05) is 24.8 Å². The van der Waals surface area contributed by atoms with E-state index in [-0.39, 0.29) is 11.9 Å². The van der Waals surface area contributed by atoms with Crippen LogP contribution in [0.1, 0.15) is 31.4 Å². The fourth-order valence-electron chi connectivity index (χ4n) is 2.37. The van der Waals surface area contributed by atoms with E-state index in [1.807, 2.05) is 19.2 Å². The number of carbonyl (C=O) groups excluding carboxylic acids is 1. The summed E-state index contributed by atoms with van der Waals surface area (Å²) >= 11 is 6.34. The maximum Gasteiger partial charge on any atom is 0.246 e. The van der Waals surface area contributed by atoms with Gasteiger partial charge in [0.1, 0.15) is 6.04 Å².